The monoisotopic (exact) mass is 283 g/mol. The molecule has 0 saturated carbocycles. The molecule has 0 N–H and O–H groups in total. The van der Waals surface area contributed by atoms with Crippen LogP contribution in [0.2, 0.25) is 0 Å². The summed E-state index contributed by atoms with van der Waals surface area (Å²) >= 11 is 0. The fraction of sp³-hybridized carbons (Fsp3) is 0.714. The summed E-state index contributed by atoms with van der Waals surface area (Å²) in [6.45, 7) is 6.21. The number of nitrogens with zero attached hydrogens (tertiary/aromatic N) is 1. The number of carbonyl (C=O) groups excluding carboxylic acids is 2. The molecule has 2 aliphatic rings. The topological polar surface area (TPSA) is 65.1 Å². The first-order chi connectivity index (χ1) is 9.33. The lowest BCUT2D eigenvalue weighted by Crippen LogP contribution is -2.48. The zero-order valence-electron chi connectivity index (χ0n) is 12.3. The van der Waals surface area contributed by atoms with Gasteiger partial charge < -0.3 is 14.2 Å². The van der Waals surface area contributed by atoms with E-state index < -0.39 is 23.7 Å². The van der Waals surface area contributed by atoms with Crippen LogP contribution in [0.25, 0.3) is 0 Å². The quantitative estimate of drug-likeness (QED) is 0.537. The van der Waals surface area contributed by atoms with Crippen molar-refractivity contribution in [3.63, 3.8) is 0 Å². The van der Waals surface area contributed by atoms with Crippen molar-refractivity contribution in [2.75, 3.05) is 20.3 Å². The summed E-state index contributed by atoms with van der Waals surface area (Å²) in [5.74, 6) is -0.473. The lowest BCUT2D eigenvalue weighted by Gasteiger charge is -2.29. The van der Waals surface area contributed by atoms with E-state index in [1.54, 1.807) is 20.8 Å². The van der Waals surface area contributed by atoms with E-state index in [1.165, 1.54) is 12.0 Å². The first kappa shape index (κ1) is 14.8. The molecular formula is C14H21NO5. The van der Waals surface area contributed by atoms with Gasteiger partial charge in [0.15, 0.2) is 6.04 Å². The summed E-state index contributed by atoms with van der Waals surface area (Å²) in [4.78, 5) is 25.6. The Hall–Kier alpha value is -1.56. The lowest BCUT2D eigenvalue weighted by molar-refractivity contribution is -0.150. The molecule has 1 fully saturated rings. The predicted octanol–water partition coefficient (Wildman–Crippen LogP) is 1.35. The maximum Gasteiger partial charge on any atom is 0.411 e. The normalized spacial score (nSPS) is 29.0. The van der Waals surface area contributed by atoms with Crippen LogP contribution in [-0.2, 0) is 19.0 Å². The Morgan fingerprint density at radius 3 is 2.65 bits per heavy atom. The minimum Gasteiger partial charge on any atom is -0.467 e. The Labute approximate surface area is 118 Å². The summed E-state index contributed by atoms with van der Waals surface area (Å²) < 4.78 is 15.8. The Kier molecular flexibility index (Phi) is 4.04. The van der Waals surface area contributed by atoms with Crippen molar-refractivity contribution in [3.8, 4) is 0 Å². The summed E-state index contributed by atoms with van der Waals surface area (Å²) in [7, 11) is 1.31. The molecule has 3 atom stereocenters. The molecule has 0 aromatic heterocycles. The molecule has 6 heteroatoms. The van der Waals surface area contributed by atoms with Crippen LogP contribution in [0.3, 0.4) is 0 Å². The third-order valence-electron chi connectivity index (χ3n) is 3.32. The van der Waals surface area contributed by atoms with E-state index in [0.29, 0.717) is 13.2 Å². The van der Waals surface area contributed by atoms with Crippen LogP contribution in [0, 0.1) is 5.92 Å². The highest BCUT2D eigenvalue weighted by Gasteiger charge is 2.50. The van der Waals surface area contributed by atoms with Crippen molar-refractivity contribution in [2.24, 2.45) is 5.92 Å². The predicted molar refractivity (Wildman–Crippen MR) is 71.1 cm³/mol. The van der Waals surface area contributed by atoms with Crippen LogP contribution >= 0.6 is 0 Å². The maximum atomic E-state index is 12.3. The molecule has 0 aromatic rings. The third-order valence-corrected chi connectivity index (χ3v) is 3.32. The van der Waals surface area contributed by atoms with Crippen molar-refractivity contribution in [2.45, 2.75) is 38.5 Å². The zero-order chi connectivity index (χ0) is 14.9. The molecule has 2 aliphatic heterocycles. The minimum atomic E-state index is -0.746. The first-order valence-electron chi connectivity index (χ1n) is 6.69. The highest BCUT2D eigenvalue weighted by Crippen LogP contribution is 2.32. The molecule has 0 bridgehead atoms. The summed E-state index contributed by atoms with van der Waals surface area (Å²) in [6, 6.07) is -0.746. The Morgan fingerprint density at radius 1 is 1.35 bits per heavy atom. The Balaban J connectivity index is 2.20. The standard InChI is InChI=1S/C14H21NO5/c1-14(2,3)20-13(17)15-8-9-6-5-7-19-11(9)10(15)12(16)18-4/h5-6,9-11H,7-8H2,1-4H3. The lowest BCUT2D eigenvalue weighted by atomic mass is 9.99. The van der Waals surface area contributed by atoms with Gasteiger partial charge in [-0.15, -0.1) is 0 Å². The largest absolute Gasteiger partial charge is 0.467 e. The van der Waals surface area contributed by atoms with E-state index in [4.69, 9.17) is 14.2 Å². The van der Waals surface area contributed by atoms with Gasteiger partial charge in [-0.3, -0.25) is 4.90 Å². The van der Waals surface area contributed by atoms with E-state index in [2.05, 4.69) is 0 Å². The third kappa shape index (κ3) is 2.95. The number of ether oxygens (including phenoxy) is 3. The van der Waals surface area contributed by atoms with Gasteiger partial charge >= 0.3 is 12.1 Å². The number of esters is 1. The van der Waals surface area contributed by atoms with Gasteiger partial charge in [0.05, 0.1) is 19.8 Å². The van der Waals surface area contributed by atoms with Gasteiger partial charge in [0, 0.05) is 12.5 Å². The second kappa shape index (κ2) is 5.44. The minimum absolute atomic E-state index is 0.000341. The van der Waals surface area contributed by atoms with E-state index >= 15 is 0 Å². The molecular weight excluding hydrogens is 262 g/mol. The summed E-state index contributed by atoms with van der Waals surface area (Å²) in [5.41, 5.74) is -0.609. The van der Waals surface area contributed by atoms with Crippen molar-refractivity contribution >= 4 is 12.1 Å². The molecule has 2 rings (SSSR count). The van der Waals surface area contributed by atoms with Crippen LogP contribution in [0.1, 0.15) is 20.8 Å². The van der Waals surface area contributed by atoms with Crippen molar-refractivity contribution in [1.82, 2.24) is 4.90 Å². The summed E-state index contributed by atoms with van der Waals surface area (Å²) in [6.07, 6.45) is 3.00. The summed E-state index contributed by atoms with van der Waals surface area (Å²) in [5, 5.41) is 0. The van der Waals surface area contributed by atoms with Gasteiger partial charge in [-0.1, -0.05) is 12.2 Å². The Morgan fingerprint density at radius 2 is 2.05 bits per heavy atom. The van der Waals surface area contributed by atoms with Crippen molar-refractivity contribution in [3.05, 3.63) is 12.2 Å². The van der Waals surface area contributed by atoms with Gasteiger partial charge in [0.25, 0.3) is 0 Å². The first-order valence-corrected chi connectivity index (χ1v) is 6.69. The number of hydrogen-bond donors (Lipinski definition) is 0. The van der Waals surface area contributed by atoms with Crippen LogP contribution < -0.4 is 0 Å². The number of amides is 1. The SMILES string of the molecule is COC(=O)C1C2OCC=CC2CN1C(=O)OC(C)(C)C. The number of fused-ring (bicyclic) bond motifs is 1. The van der Waals surface area contributed by atoms with Crippen molar-refractivity contribution < 1.29 is 23.8 Å². The molecule has 0 aliphatic carbocycles. The van der Waals surface area contributed by atoms with E-state index in [0.717, 1.165) is 0 Å². The average Bonchev–Trinajstić information content (AvgIpc) is 2.75. The van der Waals surface area contributed by atoms with E-state index in [-0.39, 0.29) is 12.0 Å². The number of carbonyl (C=O) groups is 2. The molecule has 1 amide bonds. The fourth-order valence-corrected chi connectivity index (χ4v) is 2.53. The molecule has 3 unspecified atom stereocenters. The van der Waals surface area contributed by atoms with Gasteiger partial charge in [-0.25, -0.2) is 9.59 Å². The van der Waals surface area contributed by atoms with E-state index in [9.17, 15) is 9.59 Å². The zero-order valence-corrected chi connectivity index (χ0v) is 12.3. The number of likely N-dealkylation sites (tertiary alicyclic amines) is 1. The van der Waals surface area contributed by atoms with Crippen LogP contribution in [-0.4, -0.2) is 55.0 Å². The van der Waals surface area contributed by atoms with Gasteiger partial charge in [-0.2, -0.15) is 0 Å². The van der Waals surface area contributed by atoms with Crippen molar-refractivity contribution in [1.29, 1.82) is 0 Å². The van der Waals surface area contributed by atoms with Gasteiger partial charge in [-0.05, 0) is 20.8 Å². The van der Waals surface area contributed by atoms with Gasteiger partial charge in [0.2, 0.25) is 0 Å². The highest BCUT2D eigenvalue weighted by molar-refractivity contribution is 5.83. The smallest absolute Gasteiger partial charge is 0.411 e. The van der Waals surface area contributed by atoms with Crippen LogP contribution in [0.4, 0.5) is 4.79 Å². The number of hydrogen-bond acceptors (Lipinski definition) is 5. The molecule has 1 saturated heterocycles. The molecule has 0 aromatic carbocycles. The number of rotatable bonds is 1. The number of methoxy groups -OCH3 is 1. The Bertz CT molecular complexity index is 426. The average molecular weight is 283 g/mol. The van der Waals surface area contributed by atoms with Crippen LogP contribution in [0.15, 0.2) is 12.2 Å². The molecule has 2 heterocycles. The molecule has 0 radical (unpaired) electrons. The fourth-order valence-electron chi connectivity index (χ4n) is 2.53. The molecule has 112 valence electrons. The molecule has 6 nitrogen and oxygen atoms in total. The molecule has 0 spiro atoms. The van der Waals surface area contributed by atoms with Gasteiger partial charge in [0.1, 0.15) is 5.60 Å². The second-order valence-corrected chi connectivity index (χ2v) is 5.99. The highest BCUT2D eigenvalue weighted by atomic mass is 16.6. The second-order valence-electron chi connectivity index (χ2n) is 5.99. The van der Waals surface area contributed by atoms with Crippen LogP contribution in [0.5, 0.6) is 0 Å². The maximum absolute atomic E-state index is 12.3. The van der Waals surface area contributed by atoms with E-state index in [1.807, 2.05) is 12.2 Å². The molecule has 20 heavy (non-hydrogen) atoms.